The van der Waals surface area contributed by atoms with Gasteiger partial charge in [-0.25, -0.2) is 4.39 Å². The Balaban J connectivity index is 1.39. The maximum atomic E-state index is 13.1. The van der Waals surface area contributed by atoms with E-state index >= 15 is 0 Å². The molecular weight excluding hydrogens is 327 g/mol. The number of rotatable bonds is 4. The predicted octanol–water partition coefficient (Wildman–Crippen LogP) is 4.00. The minimum Gasteiger partial charge on any atom is -0.370 e. The van der Waals surface area contributed by atoms with Crippen molar-refractivity contribution in [3.8, 4) is 0 Å². The van der Waals surface area contributed by atoms with E-state index in [1.54, 1.807) is 0 Å². The third-order valence-electron chi connectivity index (χ3n) is 5.75. The average Bonchev–Trinajstić information content (AvgIpc) is 3.19. The number of piperidine rings is 1. The zero-order valence-corrected chi connectivity index (χ0v) is 15.0. The molecule has 26 heavy (non-hydrogen) atoms. The van der Waals surface area contributed by atoms with Gasteiger partial charge in [-0.15, -0.1) is 0 Å². The monoisotopic (exact) mass is 352 g/mol. The fraction of sp³-hybridized carbons (Fsp3) is 0.409. The van der Waals surface area contributed by atoms with Crippen LogP contribution in [0.15, 0.2) is 54.6 Å². The Morgan fingerprint density at radius 2 is 1.69 bits per heavy atom. The highest BCUT2D eigenvalue weighted by molar-refractivity contribution is 5.98. The molecule has 2 atom stereocenters. The lowest BCUT2D eigenvalue weighted by Gasteiger charge is -2.36. The second-order valence-corrected chi connectivity index (χ2v) is 7.43. The molecule has 2 aliphatic heterocycles. The molecule has 0 unspecified atom stereocenters. The molecular formula is C22H25FN2O. The molecule has 2 aromatic carbocycles. The lowest BCUT2D eigenvalue weighted by molar-refractivity contribution is 0.0770. The summed E-state index contributed by atoms with van der Waals surface area (Å²) in [6.45, 7) is 3.87. The minimum absolute atomic E-state index is 0.103. The van der Waals surface area contributed by atoms with Crippen LogP contribution >= 0.6 is 0 Å². The Morgan fingerprint density at radius 1 is 0.923 bits per heavy atom. The van der Waals surface area contributed by atoms with E-state index in [1.165, 1.54) is 12.1 Å². The molecule has 0 aromatic heterocycles. The van der Waals surface area contributed by atoms with Crippen LogP contribution in [0.25, 0.3) is 0 Å². The molecule has 2 saturated heterocycles. The maximum Gasteiger partial charge on any atom is 0.167 e. The van der Waals surface area contributed by atoms with Crippen LogP contribution in [0.3, 0.4) is 0 Å². The number of halogens is 1. The highest BCUT2D eigenvalue weighted by Gasteiger charge is 2.33. The summed E-state index contributed by atoms with van der Waals surface area (Å²) in [6, 6.07) is 16.9. The van der Waals surface area contributed by atoms with Crippen molar-refractivity contribution in [2.75, 3.05) is 31.1 Å². The van der Waals surface area contributed by atoms with E-state index in [0.717, 1.165) is 56.7 Å². The summed E-state index contributed by atoms with van der Waals surface area (Å²) in [5, 5.41) is 0. The molecule has 3 nitrogen and oxygen atoms in total. The Morgan fingerprint density at radius 3 is 2.46 bits per heavy atom. The highest BCUT2D eigenvalue weighted by atomic mass is 19.1. The topological polar surface area (TPSA) is 23.6 Å². The van der Waals surface area contributed by atoms with Crippen molar-refractivity contribution in [2.45, 2.75) is 25.3 Å². The number of Topliss-reactive ketones (excluding diaryl/α,β-unsaturated/α-hetero) is 1. The molecule has 0 radical (unpaired) electrons. The zero-order valence-electron chi connectivity index (χ0n) is 15.0. The van der Waals surface area contributed by atoms with Gasteiger partial charge in [0.1, 0.15) is 5.82 Å². The number of nitrogens with zero attached hydrogens (tertiary/aromatic N) is 2. The fourth-order valence-electron chi connectivity index (χ4n) is 4.32. The second kappa shape index (κ2) is 7.58. The van der Waals surface area contributed by atoms with Crippen molar-refractivity contribution >= 4 is 11.5 Å². The van der Waals surface area contributed by atoms with Crippen molar-refractivity contribution in [1.29, 1.82) is 0 Å². The van der Waals surface area contributed by atoms with Crippen LogP contribution in [0.2, 0.25) is 0 Å². The zero-order chi connectivity index (χ0) is 17.9. The number of likely N-dealkylation sites (tertiary alicyclic amines) is 1. The first-order valence-corrected chi connectivity index (χ1v) is 9.54. The Bertz CT molecular complexity index is 746. The van der Waals surface area contributed by atoms with Crippen molar-refractivity contribution in [2.24, 2.45) is 5.92 Å². The Kier molecular flexibility index (Phi) is 5.02. The van der Waals surface area contributed by atoms with E-state index in [4.69, 9.17) is 0 Å². The summed E-state index contributed by atoms with van der Waals surface area (Å²) in [5.41, 5.74) is 1.92. The van der Waals surface area contributed by atoms with E-state index in [9.17, 15) is 9.18 Å². The summed E-state index contributed by atoms with van der Waals surface area (Å²) < 4.78 is 13.1. The number of benzene rings is 2. The fourth-order valence-corrected chi connectivity index (χ4v) is 4.32. The van der Waals surface area contributed by atoms with Crippen LogP contribution in [0, 0.1) is 11.7 Å². The molecule has 4 heteroatoms. The van der Waals surface area contributed by atoms with Crippen molar-refractivity contribution in [1.82, 2.24) is 4.90 Å². The number of hydrogen-bond acceptors (Lipinski definition) is 3. The Labute approximate surface area is 154 Å². The second-order valence-electron chi connectivity index (χ2n) is 7.43. The van der Waals surface area contributed by atoms with Gasteiger partial charge in [0.15, 0.2) is 5.78 Å². The number of ketones is 1. The van der Waals surface area contributed by atoms with Crippen molar-refractivity contribution < 1.29 is 9.18 Å². The molecule has 0 amide bonds. The van der Waals surface area contributed by atoms with Gasteiger partial charge in [0.05, 0.1) is 0 Å². The molecule has 0 aliphatic carbocycles. The summed E-state index contributed by atoms with van der Waals surface area (Å²) >= 11 is 0. The minimum atomic E-state index is -0.192. The first-order chi connectivity index (χ1) is 12.7. The smallest absolute Gasteiger partial charge is 0.167 e. The Hall–Kier alpha value is -2.20. The van der Waals surface area contributed by atoms with Crippen LogP contribution in [0.5, 0.6) is 0 Å². The van der Waals surface area contributed by atoms with Gasteiger partial charge in [0.25, 0.3) is 0 Å². The van der Waals surface area contributed by atoms with Crippen LogP contribution < -0.4 is 4.90 Å². The quantitative estimate of drug-likeness (QED) is 0.777. The van der Waals surface area contributed by atoms with E-state index in [-0.39, 0.29) is 17.5 Å². The largest absolute Gasteiger partial charge is 0.370 e. The van der Waals surface area contributed by atoms with Gasteiger partial charge in [-0.05, 0) is 50.1 Å². The lowest BCUT2D eigenvalue weighted by Crippen LogP contribution is -2.45. The van der Waals surface area contributed by atoms with Crippen LogP contribution in [-0.2, 0) is 0 Å². The number of hydrogen-bond donors (Lipinski definition) is 0. The van der Waals surface area contributed by atoms with Gasteiger partial charge in [0, 0.05) is 42.8 Å². The van der Waals surface area contributed by atoms with Crippen molar-refractivity contribution in [3.63, 3.8) is 0 Å². The predicted molar refractivity (Wildman–Crippen MR) is 102 cm³/mol. The molecule has 2 aliphatic rings. The molecule has 2 heterocycles. The van der Waals surface area contributed by atoms with E-state index in [1.807, 2.05) is 42.5 Å². The van der Waals surface area contributed by atoms with Gasteiger partial charge in [0.2, 0.25) is 0 Å². The first kappa shape index (κ1) is 17.2. The molecule has 2 aromatic rings. The van der Waals surface area contributed by atoms with E-state index < -0.39 is 0 Å². The third-order valence-corrected chi connectivity index (χ3v) is 5.75. The summed E-state index contributed by atoms with van der Waals surface area (Å²) in [4.78, 5) is 17.6. The van der Waals surface area contributed by atoms with Gasteiger partial charge in [-0.3, -0.25) is 9.69 Å². The van der Waals surface area contributed by atoms with Crippen LogP contribution in [0.1, 0.15) is 29.6 Å². The SMILES string of the molecule is O=C(c1ccccc1)[C@H]1CCCN([C@H]2CCN(c3ccc(F)cc3)C2)C1. The maximum absolute atomic E-state index is 13.1. The standard InChI is InChI=1S/C22H25FN2O/c23-19-8-10-20(11-9-19)25-14-12-21(16-25)24-13-4-7-18(15-24)22(26)17-5-2-1-3-6-17/h1-3,5-6,8-11,18,21H,4,7,12-16H2/t18-,21-/m0/s1. The molecule has 2 fully saturated rings. The van der Waals surface area contributed by atoms with E-state index in [2.05, 4.69) is 9.80 Å². The summed E-state index contributed by atoms with van der Waals surface area (Å²) in [7, 11) is 0. The molecule has 0 N–H and O–H groups in total. The van der Waals surface area contributed by atoms with Gasteiger partial charge < -0.3 is 4.90 Å². The summed E-state index contributed by atoms with van der Waals surface area (Å²) in [5.74, 6) is 0.192. The van der Waals surface area contributed by atoms with Gasteiger partial charge in [-0.1, -0.05) is 30.3 Å². The van der Waals surface area contributed by atoms with Crippen LogP contribution in [0.4, 0.5) is 10.1 Å². The first-order valence-electron chi connectivity index (χ1n) is 9.54. The van der Waals surface area contributed by atoms with Crippen molar-refractivity contribution in [3.05, 3.63) is 66.0 Å². The number of anilines is 1. The average molecular weight is 352 g/mol. The number of carbonyl (C=O) groups is 1. The highest BCUT2D eigenvalue weighted by Crippen LogP contribution is 2.28. The van der Waals surface area contributed by atoms with E-state index in [0.29, 0.717) is 6.04 Å². The van der Waals surface area contributed by atoms with Crippen LogP contribution in [-0.4, -0.2) is 42.9 Å². The van der Waals surface area contributed by atoms with Gasteiger partial charge in [-0.2, -0.15) is 0 Å². The normalized spacial score (nSPS) is 24.0. The number of carbonyl (C=O) groups excluding carboxylic acids is 1. The molecule has 4 rings (SSSR count). The molecule has 0 bridgehead atoms. The molecule has 0 spiro atoms. The molecule has 136 valence electrons. The van der Waals surface area contributed by atoms with Gasteiger partial charge >= 0.3 is 0 Å². The lowest BCUT2D eigenvalue weighted by atomic mass is 9.89. The summed E-state index contributed by atoms with van der Waals surface area (Å²) in [6.07, 6.45) is 3.17. The third kappa shape index (κ3) is 3.65. The molecule has 0 saturated carbocycles.